The van der Waals surface area contributed by atoms with Crippen molar-refractivity contribution in [2.75, 3.05) is 12.1 Å². The van der Waals surface area contributed by atoms with Gasteiger partial charge in [0.25, 0.3) is 0 Å². The Morgan fingerprint density at radius 2 is 1.80 bits per heavy atom. The van der Waals surface area contributed by atoms with Crippen molar-refractivity contribution in [3.05, 3.63) is 65.6 Å². The number of hydrogen-bond donors (Lipinski definition) is 1. The van der Waals surface area contributed by atoms with Gasteiger partial charge in [-0.15, -0.1) is 0 Å². The summed E-state index contributed by atoms with van der Waals surface area (Å²) in [7, 11) is 1.88. The van der Waals surface area contributed by atoms with Crippen LogP contribution in [0.25, 0.3) is 11.1 Å². The zero-order chi connectivity index (χ0) is 18.0. The van der Waals surface area contributed by atoms with Crippen LogP contribution in [0.3, 0.4) is 0 Å². The summed E-state index contributed by atoms with van der Waals surface area (Å²) < 4.78 is 0. The largest absolute Gasteiger partial charge is 0.494 e. The summed E-state index contributed by atoms with van der Waals surface area (Å²) in [5.41, 5.74) is 4.66. The number of hydrogen-bond acceptors (Lipinski definition) is 4. The number of rotatable bonds is 4. The van der Waals surface area contributed by atoms with Gasteiger partial charge in [0.2, 0.25) is 5.88 Å². The lowest BCUT2D eigenvalue weighted by Gasteiger charge is -2.33. The molecule has 0 radical (unpaired) electrons. The first-order valence-corrected chi connectivity index (χ1v) is 8.60. The normalized spacial score (nSPS) is 17.1. The average Bonchev–Trinajstić information content (AvgIpc) is 2.86. The zero-order valence-corrected chi connectivity index (χ0v) is 14.9. The predicted octanol–water partition coefficient (Wildman–Crippen LogP) is 4.85. The molecule has 1 N–H and O–H groups in total. The van der Waals surface area contributed by atoms with Gasteiger partial charge in [-0.1, -0.05) is 43.7 Å². The highest BCUT2D eigenvalue weighted by Gasteiger charge is 2.34. The van der Waals surface area contributed by atoms with Gasteiger partial charge in [-0.25, -0.2) is 0 Å². The summed E-state index contributed by atoms with van der Waals surface area (Å²) in [5, 5.41) is 23.6. The minimum Gasteiger partial charge on any atom is -0.494 e. The van der Waals surface area contributed by atoms with Gasteiger partial charge >= 0.3 is 0 Å². The lowest BCUT2D eigenvalue weighted by atomic mass is 9.99. The van der Waals surface area contributed by atoms with Crippen molar-refractivity contribution < 1.29 is 5.11 Å². The SMILES string of the molecule is CCCC1C(C)=C(O)N(C)N1c1ccc(-c2ccccc2C#N)cc1. The average molecular weight is 333 g/mol. The van der Waals surface area contributed by atoms with Crippen LogP contribution in [0.4, 0.5) is 5.69 Å². The summed E-state index contributed by atoms with van der Waals surface area (Å²) >= 11 is 0. The standard InChI is InChI=1S/C21H23N3O/c1-4-7-20-15(2)21(25)23(3)24(20)18-12-10-16(11-13-18)19-9-6-5-8-17(19)14-22/h5-6,8-13,20,25H,4,7H2,1-3H3. The Bertz CT molecular complexity index is 833. The number of aliphatic hydroxyl groups is 1. The molecule has 4 heteroatoms. The van der Waals surface area contributed by atoms with E-state index >= 15 is 0 Å². The Balaban J connectivity index is 1.94. The molecule has 0 aromatic heterocycles. The molecule has 0 bridgehead atoms. The van der Waals surface area contributed by atoms with Gasteiger partial charge in [0, 0.05) is 12.6 Å². The Hall–Kier alpha value is -2.93. The first-order valence-electron chi connectivity index (χ1n) is 8.60. The van der Waals surface area contributed by atoms with Crippen LogP contribution in [0.5, 0.6) is 0 Å². The van der Waals surface area contributed by atoms with E-state index in [4.69, 9.17) is 0 Å². The fourth-order valence-corrected chi connectivity index (χ4v) is 3.49. The first-order chi connectivity index (χ1) is 12.1. The molecule has 0 fully saturated rings. The second kappa shape index (κ2) is 6.90. The van der Waals surface area contributed by atoms with Crippen LogP contribution in [0, 0.1) is 11.3 Å². The van der Waals surface area contributed by atoms with Crippen LogP contribution in [0.1, 0.15) is 32.3 Å². The highest BCUT2D eigenvalue weighted by Crippen LogP contribution is 2.35. The number of nitrogens with zero attached hydrogens (tertiary/aromatic N) is 3. The molecular formula is C21H23N3O. The van der Waals surface area contributed by atoms with Gasteiger partial charge in [0.1, 0.15) is 0 Å². The third kappa shape index (κ3) is 2.94. The summed E-state index contributed by atoms with van der Waals surface area (Å²) in [6, 6.07) is 18.2. The molecule has 1 atom stereocenters. The molecule has 0 saturated carbocycles. The number of benzene rings is 2. The van der Waals surface area contributed by atoms with Gasteiger partial charge in [-0.05, 0) is 42.7 Å². The summed E-state index contributed by atoms with van der Waals surface area (Å²) in [6.07, 6.45) is 2.03. The lowest BCUT2D eigenvalue weighted by molar-refractivity contribution is 0.234. The Labute approximate surface area is 149 Å². The monoisotopic (exact) mass is 333 g/mol. The maximum atomic E-state index is 10.3. The van der Waals surface area contributed by atoms with E-state index in [2.05, 4.69) is 30.1 Å². The molecular weight excluding hydrogens is 310 g/mol. The van der Waals surface area contributed by atoms with Crippen molar-refractivity contribution in [2.45, 2.75) is 32.7 Å². The number of nitriles is 1. The number of aliphatic hydroxyl groups excluding tert-OH is 1. The fraction of sp³-hybridized carbons (Fsp3) is 0.286. The Kier molecular flexibility index (Phi) is 4.67. The van der Waals surface area contributed by atoms with Gasteiger partial charge < -0.3 is 5.11 Å². The molecule has 0 saturated heterocycles. The van der Waals surface area contributed by atoms with Gasteiger partial charge in [0.15, 0.2) is 0 Å². The van der Waals surface area contributed by atoms with Crippen molar-refractivity contribution in [3.63, 3.8) is 0 Å². The van der Waals surface area contributed by atoms with Crippen LogP contribution in [0.2, 0.25) is 0 Å². The lowest BCUT2D eigenvalue weighted by Crippen LogP contribution is -2.40. The van der Waals surface area contributed by atoms with Gasteiger partial charge in [0.05, 0.1) is 23.4 Å². The van der Waals surface area contributed by atoms with E-state index in [1.807, 2.05) is 55.4 Å². The van der Waals surface area contributed by atoms with E-state index in [-0.39, 0.29) is 6.04 Å². The topological polar surface area (TPSA) is 50.5 Å². The smallest absolute Gasteiger partial charge is 0.206 e. The highest BCUT2D eigenvalue weighted by molar-refractivity contribution is 5.72. The molecule has 2 aromatic carbocycles. The number of anilines is 1. The minimum atomic E-state index is 0.173. The van der Waals surface area contributed by atoms with Crippen LogP contribution >= 0.6 is 0 Å². The van der Waals surface area contributed by atoms with E-state index in [9.17, 15) is 10.4 Å². The molecule has 128 valence electrons. The van der Waals surface area contributed by atoms with Gasteiger partial charge in [-0.2, -0.15) is 5.26 Å². The van der Waals surface area contributed by atoms with E-state index < -0.39 is 0 Å². The highest BCUT2D eigenvalue weighted by atomic mass is 16.3. The van der Waals surface area contributed by atoms with E-state index in [0.717, 1.165) is 35.2 Å². The maximum Gasteiger partial charge on any atom is 0.206 e. The minimum absolute atomic E-state index is 0.173. The maximum absolute atomic E-state index is 10.3. The molecule has 1 heterocycles. The summed E-state index contributed by atoms with van der Waals surface area (Å²) in [5.74, 6) is 0.331. The molecule has 2 aromatic rings. The summed E-state index contributed by atoms with van der Waals surface area (Å²) in [4.78, 5) is 0. The second-order valence-electron chi connectivity index (χ2n) is 6.38. The molecule has 1 unspecified atom stereocenters. The molecule has 3 rings (SSSR count). The van der Waals surface area contributed by atoms with Crippen LogP contribution < -0.4 is 5.01 Å². The summed E-state index contributed by atoms with van der Waals surface area (Å²) in [6.45, 7) is 4.15. The van der Waals surface area contributed by atoms with Crippen molar-refractivity contribution in [1.29, 1.82) is 5.26 Å². The molecule has 25 heavy (non-hydrogen) atoms. The molecule has 1 aliphatic rings. The van der Waals surface area contributed by atoms with Crippen molar-refractivity contribution in [2.24, 2.45) is 0 Å². The van der Waals surface area contributed by atoms with Crippen LogP contribution in [0.15, 0.2) is 60.0 Å². The molecule has 0 amide bonds. The van der Waals surface area contributed by atoms with E-state index in [1.54, 1.807) is 0 Å². The third-order valence-electron chi connectivity index (χ3n) is 4.83. The third-order valence-corrected chi connectivity index (χ3v) is 4.83. The Morgan fingerprint density at radius 1 is 1.12 bits per heavy atom. The van der Waals surface area contributed by atoms with Crippen molar-refractivity contribution >= 4 is 5.69 Å². The van der Waals surface area contributed by atoms with E-state index in [1.165, 1.54) is 0 Å². The number of hydrazine groups is 1. The quantitative estimate of drug-likeness (QED) is 0.869. The molecule has 1 aliphatic heterocycles. The first kappa shape index (κ1) is 16.9. The molecule has 0 aliphatic carbocycles. The van der Waals surface area contributed by atoms with Gasteiger partial charge in [-0.3, -0.25) is 10.0 Å². The predicted molar refractivity (Wildman–Crippen MR) is 101 cm³/mol. The second-order valence-corrected chi connectivity index (χ2v) is 6.38. The van der Waals surface area contributed by atoms with Crippen LogP contribution in [-0.2, 0) is 0 Å². The Morgan fingerprint density at radius 3 is 2.44 bits per heavy atom. The van der Waals surface area contributed by atoms with E-state index in [0.29, 0.717) is 11.4 Å². The zero-order valence-electron chi connectivity index (χ0n) is 14.9. The van der Waals surface area contributed by atoms with Crippen LogP contribution in [-0.4, -0.2) is 23.2 Å². The van der Waals surface area contributed by atoms with Crippen molar-refractivity contribution in [3.8, 4) is 17.2 Å². The fourth-order valence-electron chi connectivity index (χ4n) is 3.49. The van der Waals surface area contributed by atoms with Crippen molar-refractivity contribution in [1.82, 2.24) is 5.01 Å². The molecule has 0 spiro atoms. The molecule has 4 nitrogen and oxygen atoms in total.